The first-order valence-electron chi connectivity index (χ1n) is 14.9. The Kier molecular flexibility index (Phi) is 12.0. The number of hydrogen-bond donors (Lipinski definition) is 5. The fraction of sp³-hybridized carbons (Fsp3) is 0.656. The fourth-order valence-corrected chi connectivity index (χ4v) is 5.93. The number of aliphatic hydroxyl groups excluding tert-OH is 2. The van der Waals surface area contributed by atoms with E-state index in [1.807, 2.05) is 13.8 Å². The molecule has 13 heteroatoms. The summed E-state index contributed by atoms with van der Waals surface area (Å²) >= 11 is 0. The molecule has 1 saturated heterocycles. The molecule has 0 bridgehead atoms. The van der Waals surface area contributed by atoms with E-state index in [-0.39, 0.29) is 42.7 Å². The number of carbonyl (C=O) groups is 2. The molecule has 1 amide bonds. The molecule has 0 aliphatic carbocycles. The predicted molar refractivity (Wildman–Crippen MR) is 164 cm³/mol. The van der Waals surface area contributed by atoms with Crippen molar-refractivity contribution in [2.24, 2.45) is 16.5 Å². The normalized spacial score (nSPS) is 25.3. The van der Waals surface area contributed by atoms with Gasteiger partial charge in [-0.3, -0.25) is 4.79 Å². The van der Waals surface area contributed by atoms with Crippen molar-refractivity contribution in [3.63, 3.8) is 0 Å². The second-order valence-corrected chi connectivity index (χ2v) is 12.6. The molecule has 2 heterocycles. The highest BCUT2D eigenvalue weighted by Crippen LogP contribution is 2.41. The van der Waals surface area contributed by atoms with Crippen molar-refractivity contribution >= 4 is 17.6 Å². The lowest BCUT2D eigenvalue weighted by atomic mass is 9.73. The zero-order chi connectivity index (χ0) is 33.8. The summed E-state index contributed by atoms with van der Waals surface area (Å²) in [5, 5.41) is 49.5. The van der Waals surface area contributed by atoms with Crippen molar-refractivity contribution in [1.82, 2.24) is 5.32 Å². The number of carbonyl (C=O) groups excluding carboxylic acids is 2. The number of rotatable bonds is 13. The summed E-state index contributed by atoms with van der Waals surface area (Å²) in [6.45, 7) is 12.8. The first kappa shape index (κ1) is 36.2. The highest BCUT2D eigenvalue weighted by atomic mass is 16.6. The number of hydrogen-bond acceptors (Lipinski definition) is 12. The Morgan fingerprint density at radius 2 is 1.82 bits per heavy atom. The van der Waals surface area contributed by atoms with Gasteiger partial charge in [0.05, 0.1) is 24.0 Å². The molecular formula is C32H48N2O11. The first-order valence-corrected chi connectivity index (χ1v) is 14.9. The van der Waals surface area contributed by atoms with Crippen LogP contribution in [0.5, 0.6) is 11.5 Å². The number of fused-ring (bicyclic) bond motifs is 1. The van der Waals surface area contributed by atoms with Crippen LogP contribution in [0.4, 0.5) is 0 Å². The average Bonchev–Trinajstić information content (AvgIpc) is 2.98. The van der Waals surface area contributed by atoms with Gasteiger partial charge >= 0.3 is 5.97 Å². The van der Waals surface area contributed by atoms with E-state index < -0.39 is 66.1 Å². The van der Waals surface area contributed by atoms with Gasteiger partial charge in [-0.05, 0) is 31.4 Å². The first-order chi connectivity index (χ1) is 21.1. The van der Waals surface area contributed by atoms with Crippen molar-refractivity contribution in [1.29, 1.82) is 0 Å². The Hall–Kier alpha value is -3.23. The lowest BCUT2D eigenvalue weighted by molar-refractivity contribution is -0.161. The number of phenols is 2. The van der Waals surface area contributed by atoms with Crippen LogP contribution < -0.4 is 5.32 Å². The van der Waals surface area contributed by atoms with Gasteiger partial charge in [0.25, 0.3) is 5.91 Å². The van der Waals surface area contributed by atoms with E-state index >= 15 is 0 Å². The van der Waals surface area contributed by atoms with Gasteiger partial charge in [-0.1, -0.05) is 31.5 Å². The molecule has 3 rings (SSSR count). The van der Waals surface area contributed by atoms with Crippen LogP contribution >= 0.6 is 0 Å². The van der Waals surface area contributed by atoms with E-state index in [4.69, 9.17) is 23.8 Å². The maximum absolute atomic E-state index is 13.0. The van der Waals surface area contributed by atoms with Crippen LogP contribution in [0.1, 0.15) is 68.4 Å². The van der Waals surface area contributed by atoms with Gasteiger partial charge in [0.15, 0.2) is 12.3 Å². The zero-order valence-corrected chi connectivity index (χ0v) is 27.3. The van der Waals surface area contributed by atoms with Crippen LogP contribution in [0, 0.1) is 18.3 Å². The third kappa shape index (κ3) is 7.95. The number of aromatic hydroxyl groups is 2. The number of benzene rings is 1. The largest absolute Gasteiger partial charge is 0.508 e. The summed E-state index contributed by atoms with van der Waals surface area (Å²) in [5.74, 6) is -2.52. The van der Waals surface area contributed by atoms with Crippen molar-refractivity contribution in [2.75, 3.05) is 21.3 Å². The lowest BCUT2D eigenvalue weighted by Crippen LogP contribution is -2.58. The van der Waals surface area contributed by atoms with Crippen LogP contribution in [0.15, 0.2) is 23.4 Å². The Balaban J connectivity index is 1.80. The van der Waals surface area contributed by atoms with Crippen LogP contribution in [0.2, 0.25) is 0 Å². The SMILES string of the molecule is C=C(C)C[C@H](OC)[C@H](O)C(=O)N[C@@H](OC)[C@@H]1C/C(=N\OC)C(C)(C)[C@@H](C[C@H](O)[C@@H](C)[C@H]2Cc3c(C)c(O)cc(O)c3C(=O)O2)O1. The molecule has 1 fully saturated rings. The quantitative estimate of drug-likeness (QED) is 0.0927. The number of nitrogens with one attached hydrogen (secondary N) is 1. The van der Waals surface area contributed by atoms with Crippen molar-refractivity contribution in [3.05, 3.63) is 34.9 Å². The minimum absolute atomic E-state index is 0.0115. The number of ether oxygens (including phenoxy) is 4. The number of amides is 1. The van der Waals surface area contributed by atoms with Crippen LogP contribution in [-0.2, 0) is 35.0 Å². The Morgan fingerprint density at radius 1 is 1.16 bits per heavy atom. The van der Waals surface area contributed by atoms with E-state index in [2.05, 4.69) is 17.1 Å². The molecule has 45 heavy (non-hydrogen) atoms. The van der Waals surface area contributed by atoms with E-state index in [9.17, 15) is 30.0 Å². The molecule has 0 spiro atoms. The van der Waals surface area contributed by atoms with Gasteiger partial charge in [0.1, 0.15) is 36.4 Å². The summed E-state index contributed by atoms with van der Waals surface area (Å²) in [6.07, 6.45) is -5.70. The van der Waals surface area contributed by atoms with Crippen molar-refractivity contribution in [2.45, 2.75) is 103 Å². The van der Waals surface area contributed by atoms with Gasteiger partial charge in [-0.25, -0.2) is 4.79 Å². The third-order valence-corrected chi connectivity index (χ3v) is 9.02. The number of esters is 1. The highest BCUT2D eigenvalue weighted by Gasteiger charge is 2.48. The van der Waals surface area contributed by atoms with E-state index in [1.165, 1.54) is 21.3 Å². The maximum Gasteiger partial charge on any atom is 0.342 e. The molecule has 13 nitrogen and oxygen atoms in total. The molecule has 0 saturated carbocycles. The summed E-state index contributed by atoms with van der Waals surface area (Å²) in [5.41, 5.74) is 1.57. The van der Waals surface area contributed by atoms with Gasteiger partial charge in [-0.15, -0.1) is 6.58 Å². The molecule has 0 unspecified atom stereocenters. The summed E-state index contributed by atoms with van der Waals surface area (Å²) in [4.78, 5) is 31.0. The molecule has 2 aliphatic heterocycles. The van der Waals surface area contributed by atoms with Crippen LogP contribution in [0.3, 0.4) is 0 Å². The average molecular weight is 637 g/mol. The lowest BCUT2D eigenvalue weighted by Gasteiger charge is -2.46. The standard InChI is InChI=1S/C32H48N2O11/c1-15(2)10-23(41-7)28(38)29(39)33-30(42-8)24-14-25(34-43-9)32(5,6)26(44-24)13-20(36)17(4)22-11-18-16(3)19(35)12-21(37)27(18)31(40)45-22/h12,17,20,22-24,26,28,30,35-38H,1,10-11,13-14H2,2-9H3,(H,33,39)/b34-25+/t17-,20+,22-,23+,24+,26-,28+,30+/m1/s1. The number of cyclic esters (lactones) is 1. The third-order valence-electron chi connectivity index (χ3n) is 9.02. The second-order valence-electron chi connectivity index (χ2n) is 12.6. The Bertz CT molecular complexity index is 1280. The Morgan fingerprint density at radius 3 is 2.40 bits per heavy atom. The van der Waals surface area contributed by atoms with Gasteiger partial charge in [-0.2, -0.15) is 0 Å². The number of methoxy groups -OCH3 is 2. The van der Waals surface area contributed by atoms with E-state index in [1.54, 1.807) is 20.8 Å². The van der Waals surface area contributed by atoms with Crippen molar-refractivity contribution in [3.8, 4) is 11.5 Å². The molecule has 0 radical (unpaired) electrons. The minimum Gasteiger partial charge on any atom is -0.508 e. The summed E-state index contributed by atoms with van der Waals surface area (Å²) < 4.78 is 23.0. The molecular weight excluding hydrogens is 588 g/mol. The minimum atomic E-state index is -1.49. The van der Waals surface area contributed by atoms with Gasteiger partial charge < -0.3 is 49.5 Å². The number of oxime groups is 1. The molecule has 1 aromatic rings. The van der Waals surface area contributed by atoms with E-state index in [0.29, 0.717) is 16.8 Å². The molecule has 0 aromatic heterocycles. The summed E-state index contributed by atoms with van der Waals surface area (Å²) in [7, 11) is 4.22. The number of phenolic OH excluding ortho intramolecular Hbond substituents is 2. The summed E-state index contributed by atoms with van der Waals surface area (Å²) in [6, 6.07) is 1.11. The van der Waals surface area contributed by atoms with Crippen molar-refractivity contribution < 1.29 is 53.8 Å². The molecule has 1 aromatic carbocycles. The predicted octanol–water partition coefficient (Wildman–Crippen LogP) is 2.49. The Labute approximate surface area is 264 Å². The second kappa shape index (κ2) is 14.9. The number of nitrogens with zero attached hydrogens (tertiary/aromatic N) is 1. The molecule has 8 atom stereocenters. The molecule has 2 aliphatic rings. The van der Waals surface area contributed by atoms with Gasteiger partial charge in [0.2, 0.25) is 0 Å². The monoisotopic (exact) mass is 636 g/mol. The molecule has 5 N–H and O–H groups in total. The fourth-order valence-electron chi connectivity index (χ4n) is 5.93. The van der Waals surface area contributed by atoms with E-state index in [0.717, 1.165) is 11.6 Å². The topological polar surface area (TPSA) is 186 Å². The van der Waals surface area contributed by atoms with Crippen LogP contribution in [-0.4, -0.2) is 102 Å². The zero-order valence-electron chi connectivity index (χ0n) is 27.3. The smallest absolute Gasteiger partial charge is 0.342 e. The maximum atomic E-state index is 13.0. The number of aliphatic hydroxyl groups is 2. The highest BCUT2D eigenvalue weighted by molar-refractivity contribution is 5.96. The van der Waals surface area contributed by atoms with Crippen LogP contribution in [0.25, 0.3) is 0 Å². The molecule has 252 valence electrons. The van der Waals surface area contributed by atoms with Gasteiger partial charge in [0, 0.05) is 50.9 Å².